The lowest BCUT2D eigenvalue weighted by atomic mass is 10.2. The highest BCUT2D eigenvalue weighted by Crippen LogP contribution is 2.26. The van der Waals surface area contributed by atoms with Crippen molar-refractivity contribution < 1.29 is 4.74 Å². The molecule has 0 saturated carbocycles. The molecule has 9 heteroatoms. The van der Waals surface area contributed by atoms with Crippen LogP contribution in [0.2, 0.25) is 10.0 Å². The number of nitrogens with one attached hydrogen (secondary N) is 2. The number of nitrogens with zero attached hydrogens (tertiary/aromatic N) is 3. The summed E-state index contributed by atoms with van der Waals surface area (Å²) >= 11 is 12.3. The maximum Gasteiger partial charge on any atom is 0.363 e. The quantitative estimate of drug-likeness (QED) is 0.482. The summed E-state index contributed by atoms with van der Waals surface area (Å²) in [6.07, 6.45) is 1.58. The lowest BCUT2D eigenvalue weighted by molar-refractivity contribution is 0.306. The van der Waals surface area contributed by atoms with Crippen molar-refractivity contribution in [3.63, 3.8) is 0 Å². The minimum absolute atomic E-state index is 0.249. The number of rotatable bonds is 6. The largest absolute Gasteiger partial charge is 0.489 e. The van der Waals surface area contributed by atoms with Crippen LogP contribution in [0.15, 0.2) is 52.4 Å². The number of hydrogen-bond donors (Lipinski definition) is 2. The van der Waals surface area contributed by atoms with E-state index in [2.05, 4.69) is 25.7 Å². The minimum Gasteiger partial charge on any atom is -0.489 e. The van der Waals surface area contributed by atoms with Crippen molar-refractivity contribution in [2.75, 3.05) is 5.43 Å². The summed E-state index contributed by atoms with van der Waals surface area (Å²) in [5, 5.41) is 11.2. The Labute approximate surface area is 165 Å². The Kier molecular flexibility index (Phi) is 6.05. The Morgan fingerprint density at radius 3 is 2.74 bits per heavy atom. The van der Waals surface area contributed by atoms with Crippen LogP contribution in [0.25, 0.3) is 0 Å². The molecule has 0 atom stereocenters. The molecule has 3 rings (SSSR count). The van der Waals surface area contributed by atoms with E-state index < -0.39 is 5.69 Å². The first kappa shape index (κ1) is 18.9. The number of anilines is 1. The second-order valence-electron chi connectivity index (χ2n) is 5.51. The van der Waals surface area contributed by atoms with Gasteiger partial charge in [-0.3, -0.25) is 5.43 Å². The highest BCUT2D eigenvalue weighted by Gasteiger charge is 2.06. The number of H-pyrrole nitrogens is 1. The Morgan fingerprint density at radius 2 is 1.96 bits per heavy atom. The zero-order valence-corrected chi connectivity index (χ0v) is 15.8. The Hall–Kier alpha value is -2.90. The van der Waals surface area contributed by atoms with Gasteiger partial charge in [0.1, 0.15) is 18.1 Å². The van der Waals surface area contributed by atoms with Gasteiger partial charge < -0.3 is 4.74 Å². The molecule has 0 bridgehead atoms. The molecular weight excluding hydrogens is 389 g/mol. The van der Waals surface area contributed by atoms with Gasteiger partial charge in [0.25, 0.3) is 0 Å². The van der Waals surface area contributed by atoms with E-state index >= 15 is 0 Å². The topological polar surface area (TPSA) is 92.3 Å². The van der Waals surface area contributed by atoms with Gasteiger partial charge in [-0.25, -0.2) is 9.89 Å². The van der Waals surface area contributed by atoms with Crippen molar-refractivity contribution in [2.24, 2.45) is 5.10 Å². The Balaban J connectivity index is 1.66. The molecule has 0 aliphatic rings. The third-order valence-corrected chi connectivity index (χ3v) is 4.27. The molecule has 0 fully saturated rings. The monoisotopic (exact) mass is 403 g/mol. The first-order chi connectivity index (χ1) is 13.0. The molecule has 0 aliphatic carbocycles. The van der Waals surface area contributed by atoms with E-state index in [9.17, 15) is 4.79 Å². The maximum absolute atomic E-state index is 11.2. The standard InChI is InChI=1S/C18H15Cl2N5O2/c1-11-17(22-18(26)25-23-11)24-21-9-12-4-2-5-13(8-12)27-10-14-15(19)6-3-7-16(14)20/h2-9H,10H2,1H3,(H2,22,24,25,26)/b21-9+. The summed E-state index contributed by atoms with van der Waals surface area (Å²) in [7, 11) is 0. The molecule has 1 heterocycles. The Bertz CT molecular complexity index is 1020. The molecule has 2 aromatic carbocycles. The number of benzene rings is 2. The fourth-order valence-corrected chi connectivity index (χ4v) is 2.68. The van der Waals surface area contributed by atoms with Crippen LogP contribution >= 0.6 is 23.2 Å². The van der Waals surface area contributed by atoms with Crippen LogP contribution in [-0.4, -0.2) is 21.4 Å². The number of ether oxygens (including phenoxy) is 1. The molecule has 2 N–H and O–H groups in total. The van der Waals surface area contributed by atoms with Gasteiger partial charge in [0.15, 0.2) is 5.82 Å². The van der Waals surface area contributed by atoms with Crippen LogP contribution in [0.4, 0.5) is 5.82 Å². The predicted octanol–water partition coefficient (Wildman–Crippen LogP) is 3.81. The van der Waals surface area contributed by atoms with E-state index in [0.29, 0.717) is 21.5 Å². The predicted molar refractivity (Wildman–Crippen MR) is 106 cm³/mol. The number of aryl methyl sites for hydroxylation is 1. The summed E-state index contributed by atoms with van der Waals surface area (Å²) in [4.78, 5) is 15.0. The van der Waals surface area contributed by atoms with Crippen LogP contribution in [0.5, 0.6) is 5.75 Å². The van der Waals surface area contributed by atoms with Crippen molar-refractivity contribution in [2.45, 2.75) is 13.5 Å². The van der Waals surface area contributed by atoms with E-state index in [0.717, 1.165) is 11.1 Å². The number of aromatic amines is 1. The lowest BCUT2D eigenvalue weighted by Gasteiger charge is -2.09. The number of aromatic nitrogens is 3. The normalized spacial score (nSPS) is 10.9. The highest BCUT2D eigenvalue weighted by atomic mass is 35.5. The van der Waals surface area contributed by atoms with Crippen LogP contribution in [0.3, 0.4) is 0 Å². The molecule has 138 valence electrons. The van der Waals surface area contributed by atoms with Gasteiger partial charge >= 0.3 is 5.69 Å². The van der Waals surface area contributed by atoms with Gasteiger partial charge in [-0.1, -0.05) is 41.4 Å². The van der Waals surface area contributed by atoms with Crippen molar-refractivity contribution in [1.29, 1.82) is 0 Å². The molecule has 7 nitrogen and oxygen atoms in total. The molecule has 1 aromatic heterocycles. The van der Waals surface area contributed by atoms with Crippen molar-refractivity contribution in [3.05, 3.63) is 79.8 Å². The van der Waals surface area contributed by atoms with Gasteiger partial charge in [0.2, 0.25) is 0 Å². The molecule has 0 unspecified atom stereocenters. The average molecular weight is 404 g/mol. The van der Waals surface area contributed by atoms with E-state index in [1.165, 1.54) is 0 Å². The minimum atomic E-state index is -0.549. The van der Waals surface area contributed by atoms with Gasteiger partial charge in [0, 0.05) is 15.6 Å². The third-order valence-electron chi connectivity index (χ3n) is 3.56. The van der Waals surface area contributed by atoms with E-state index in [4.69, 9.17) is 27.9 Å². The molecule has 0 saturated heterocycles. The summed E-state index contributed by atoms with van der Waals surface area (Å²) < 4.78 is 5.78. The molecule has 0 radical (unpaired) electrons. The zero-order chi connectivity index (χ0) is 19.2. The van der Waals surface area contributed by atoms with Crippen LogP contribution < -0.4 is 15.9 Å². The second kappa shape index (κ2) is 8.66. The van der Waals surface area contributed by atoms with E-state index in [1.54, 1.807) is 31.3 Å². The molecular formula is C18H15Cl2N5O2. The fraction of sp³-hybridized carbons (Fsp3) is 0.111. The SMILES string of the molecule is Cc1n[nH]c(=O)nc1N/N=C/c1cccc(OCc2c(Cl)cccc2Cl)c1. The summed E-state index contributed by atoms with van der Waals surface area (Å²) in [5.41, 5.74) is 4.19. The third kappa shape index (κ3) is 5.06. The molecule has 0 amide bonds. The summed E-state index contributed by atoms with van der Waals surface area (Å²) in [5.74, 6) is 0.929. The number of hydrogen-bond acceptors (Lipinski definition) is 6. The van der Waals surface area contributed by atoms with Crippen molar-refractivity contribution in [3.8, 4) is 5.75 Å². The van der Waals surface area contributed by atoms with Crippen LogP contribution in [-0.2, 0) is 6.61 Å². The zero-order valence-electron chi connectivity index (χ0n) is 14.2. The van der Waals surface area contributed by atoms with Gasteiger partial charge in [-0.15, -0.1) is 0 Å². The molecule has 0 aliphatic heterocycles. The second-order valence-corrected chi connectivity index (χ2v) is 6.32. The lowest BCUT2D eigenvalue weighted by Crippen LogP contribution is -2.15. The number of halogens is 2. The van der Waals surface area contributed by atoms with Crippen LogP contribution in [0, 0.1) is 6.92 Å². The van der Waals surface area contributed by atoms with Gasteiger partial charge in [-0.2, -0.15) is 15.2 Å². The van der Waals surface area contributed by atoms with Crippen LogP contribution in [0.1, 0.15) is 16.8 Å². The van der Waals surface area contributed by atoms with E-state index in [-0.39, 0.29) is 12.4 Å². The van der Waals surface area contributed by atoms with E-state index in [1.807, 2.05) is 24.3 Å². The number of hydrazone groups is 1. The maximum atomic E-state index is 11.2. The first-order valence-corrected chi connectivity index (χ1v) is 8.66. The van der Waals surface area contributed by atoms with Crippen molar-refractivity contribution in [1.82, 2.24) is 15.2 Å². The fourth-order valence-electron chi connectivity index (χ4n) is 2.18. The smallest absolute Gasteiger partial charge is 0.363 e. The van der Waals surface area contributed by atoms with Crippen molar-refractivity contribution >= 4 is 35.2 Å². The molecule has 3 aromatic rings. The van der Waals surface area contributed by atoms with Gasteiger partial charge in [0.05, 0.1) is 6.21 Å². The highest BCUT2D eigenvalue weighted by molar-refractivity contribution is 6.35. The Morgan fingerprint density at radius 1 is 1.22 bits per heavy atom. The summed E-state index contributed by atoms with van der Waals surface area (Å²) in [6, 6.07) is 12.6. The van der Waals surface area contributed by atoms with Gasteiger partial charge in [-0.05, 0) is 36.8 Å². The first-order valence-electron chi connectivity index (χ1n) is 7.91. The average Bonchev–Trinajstić information content (AvgIpc) is 2.64. The molecule has 0 spiro atoms. The molecule has 27 heavy (non-hydrogen) atoms. The summed E-state index contributed by atoms with van der Waals surface area (Å²) in [6.45, 7) is 1.95.